The Bertz CT molecular complexity index is 2700. The van der Waals surface area contributed by atoms with E-state index in [0.29, 0.717) is 0 Å². The van der Waals surface area contributed by atoms with E-state index < -0.39 is 122 Å². The molecular formula is C37H60N13O15P. The van der Waals surface area contributed by atoms with Crippen molar-refractivity contribution in [2.45, 2.75) is 46.8 Å². The lowest BCUT2D eigenvalue weighted by molar-refractivity contribution is -0.138. The van der Waals surface area contributed by atoms with Crippen LogP contribution < -0.4 is 55.0 Å². The van der Waals surface area contributed by atoms with Crippen molar-refractivity contribution in [1.29, 1.82) is 0 Å². The highest BCUT2D eigenvalue weighted by Gasteiger charge is 2.23. The third-order valence-electron chi connectivity index (χ3n) is 9.53. The maximum atomic E-state index is 13.6. The summed E-state index contributed by atoms with van der Waals surface area (Å²) in [5.41, 5.74) is -4.25. The third-order valence-corrected chi connectivity index (χ3v) is 10.4. The molecule has 0 aliphatic carbocycles. The minimum atomic E-state index is -4.34. The molecule has 3 aromatic rings. The summed E-state index contributed by atoms with van der Waals surface area (Å²) in [4.78, 5) is 180. The van der Waals surface area contributed by atoms with Gasteiger partial charge in [-0.15, -0.1) is 0 Å². The monoisotopic (exact) mass is 957 g/mol. The number of amides is 6. The van der Waals surface area contributed by atoms with E-state index in [2.05, 4.69) is 36.2 Å². The lowest BCUT2D eigenvalue weighted by Gasteiger charge is -2.25. The lowest BCUT2D eigenvalue weighted by atomic mass is 10.3. The Kier molecular flexibility index (Phi) is 20.1. The molecule has 0 atom stereocenters. The summed E-state index contributed by atoms with van der Waals surface area (Å²) in [6.45, 7) is -0.453. The first-order chi connectivity index (χ1) is 31.0. The van der Waals surface area contributed by atoms with Gasteiger partial charge >= 0.3 is 24.7 Å². The van der Waals surface area contributed by atoms with E-state index in [9.17, 15) is 62.1 Å². The minimum Gasteiger partial charge on any atom is -0.355 e. The first kappa shape index (κ1) is 53.3. The van der Waals surface area contributed by atoms with Gasteiger partial charge in [-0.3, -0.25) is 76.4 Å². The van der Waals surface area contributed by atoms with E-state index in [4.69, 9.17) is 9.79 Å². The Hall–Kier alpha value is -7.03. The van der Waals surface area contributed by atoms with Crippen molar-refractivity contribution < 1.29 is 47.4 Å². The van der Waals surface area contributed by atoms with Crippen molar-refractivity contribution in [3.8, 4) is 0 Å². The van der Waals surface area contributed by atoms with Gasteiger partial charge in [0.15, 0.2) is 0 Å². The van der Waals surface area contributed by atoms with Crippen LogP contribution in [-0.2, 0) is 53.0 Å². The molecule has 0 aromatic carbocycles. The number of rotatable bonds is 25. The summed E-state index contributed by atoms with van der Waals surface area (Å²) < 4.78 is 14.0. The van der Waals surface area contributed by atoms with Crippen LogP contribution in [0.4, 0.5) is 0 Å². The van der Waals surface area contributed by atoms with Gasteiger partial charge in [0.2, 0.25) is 35.4 Å². The molecule has 0 saturated carbocycles. The number of nitrogens with zero attached hydrogens (tertiary/aromatic N) is 6. The van der Waals surface area contributed by atoms with E-state index in [0.717, 1.165) is 40.8 Å². The molecule has 0 aliphatic rings. The normalized spacial score (nSPS) is 11.1. The molecule has 3 rings (SSSR count). The fraction of sp³-hybridized carbons (Fsp3) is 0.514. The van der Waals surface area contributed by atoms with Crippen molar-refractivity contribution in [1.82, 2.24) is 64.6 Å². The van der Waals surface area contributed by atoms with Crippen LogP contribution in [0.25, 0.3) is 0 Å². The highest BCUT2D eigenvalue weighted by molar-refractivity contribution is 7.51. The maximum absolute atomic E-state index is 13.6. The van der Waals surface area contributed by atoms with Crippen LogP contribution in [-0.4, -0.2) is 167 Å². The van der Waals surface area contributed by atoms with Gasteiger partial charge in [0.05, 0.1) is 25.8 Å². The molecule has 66 heavy (non-hydrogen) atoms. The largest absolute Gasteiger partial charge is 0.355 e. The zero-order chi connectivity index (χ0) is 49.3. The van der Waals surface area contributed by atoms with Crippen LogP contribution in [0.3, 0.4) is 0 Å². The summed E-state index contributed by atoms with van der Waals surface area (Å²) in [6, 6.07) is 0. The quantitative estimate of drug-likeness (QED) is 0.0282. The predicted molar refractivity (Wildman–Crippen MR) is 239 cm³/mol. The number of carbonyl (C=O) groups is 6. The zero-order valence-electron chi connectivity index (χ0n) is 36.7. The van der Waals surface area contributed by atoms with E-state index in [1.807, 2.05) is 0 Å². The summed E-state index contributed by atoms with van der Waals surface area (Å²) in [7, 11) is -2.72. The second-order valence-corrected chi connectivity index (χ2v) is 16.7. The second kappa shape index (κ2) is 24.9. The molecule has 0 saturated heterocycles. The number of H-pyrrole nitrogens is 3. The average Bonchev–Trinajstić information content (AvgIpc) is 3.22. The number of likely N-dealkylation sites (N-methyl/N-ethyl adjacent to an activating group) is 1. The summed E-state index contributed by atoms with van der Waals surface area (Å²) >= 11 is 0. The molecule has 0 unspecified atom stereocenters. The summed E-state index contributed by atoms with van der Waals surface area (Å²) in [5.74, 6) is -4.49. The summed E-state index contributed by atoms with van der Waals surface area (Å²) in [5, 5.41) is 10.3. The Morgan fingerprint density at radius 3 is 1.17 bits per heavy atom. The summed E-state index contributed by atoms with van der Waals surface area (Å²) in [6.07, 6.45) is 2.89. The van der Waals surface area contributed by atoms with E-state index in [1.54, 1.807) is 7.05 Å². The average molecular weight is 958 g/mol. The molecule has 29 heteroatoms. The molecule has 0 spiro atoms. The third kappa shape index (κ3) is 17.5. The van der Waals surface area contributed by atoms with Gasteiger partial charge in [-0.05, 0) is 34.2 Å². The molecule has 0 radical (unpaired) electrons. The first-order valence-corrected chi connectivity index (χ1v) is 22.0. The van der Waals surface area contributed by atoms with Gasteiger partial charge in [0.1, 0.15) is 19.6 Å². The molecule has 9 N–H and O–H groups in total. The lowest BCUT2D eigenvalue weighted by Crippen LogP contribution is -2.50. The molecule has 6 amide bonds. The molecule has 28 nitrogen and oxygen atoms in total. The van der Waals surface area contributed by atoms with Crippen LogP contribution in [0.2, 0.25) is 0 Å². The van der Waals surface area contributed by atoms with Crippen molar-refractivity contribution in [2.75, 3.05) is 78.7 Å². The Balaban J connectivity index is 0.0000154. The zero-order valence-corrected chi connectivity index (χ0v) is 37.6. The molecule has 368 valence electrons. The van der Waals surface area contributed by atoms with Crippen molar-refractivity contribution in [3.05, 3.63) is 97.8 Å². The molecule has 3 aromatic heterocycles. The van der Waals surface area contributed by atoms with Gasteiger partial charge in [0, 0.05) is 85.4 Å². The smallest absolute Gasteiger partial charge is 0.328 e. The highest BCUT2D eigenvalue weighted by Crippen LogP contribution is 2.34. The molecule has 3 heterocycles. The van der Waals surface area contributed by atoms with Gasteiger partial charge in [-0.1, -0.05) is 0 Å². The Labute approximate surface area is 378 Å². The number of aromatic nitrogens is 6. The first-order valence-electron chi connectivity index (χ1n) is 20.2. The van der Waals surface area contributed by atoms with Gasteiger partial charge in [-0.2, -0.15) is 0 Å². The molecule has 0 bridgehead atoms. The van der Waals surface area contributed by atoms with Crippen LogP contribution in [0, 0.1) is 20.8 Å². The Morgan fingerprint density at radius 2 is 0.864 bits per heavy atom. The maximum Gasteiger partial charge on any atom is 0.328 e. The predicted octanol–water partition coefficient (Wildman–Crippen LogP) is -6.08. The molecular weight excluding hydrogens is 897 g/mol. The van der Waals surface area contributed by atoms with Gasteiger partial charge in [0.25, 0.3) is 16.7 Å². The standard InChI is InChI=1S/C37H54N13O15P.3H2/c1-23-14-48(35(60)42-32(23)57)20-29(54)45(10-7-38-4)18-27(52)40-9-12-47(31(56)22-50-16-25(3)34(59)44-37(50)62)19-28(53)41-8-11-46(17-26(51)39-6-5-13-66(63,64)65)30(55)21-49-15-24(2)33(58)43-36(49)61;;;/h14-16,38H,5-13,17-22H2,1-4H3,(H,39,51)(H,40,52)(H,41,53)(H,42,57,60)(H,43,58,61)(H,44,59,62)(H2,63,64,65);3*1H. The number of aryl methyl sites for hydroxylation is 3. The van der Waals surface area contributed by atoms with E-state index in [1.165, 1.54) is 27.0 Å². The second-order valence-electron chi connectivity index (χ2n) is 14.9. The fourth-order valence-corrected chi connectivity index (χ4v) is 6.50. The van der Waals surface area contributed by atoms with Crippen LogP contribution >= 0.6 is 7.60 Å². The van der Waals surface area contributed by atoms with Crippen LogP contribution in [0.1, 0.15) is 27.4 Å². The van der Waals surface area contributed by atoms with Crippen LogP contribution in [0.5, 0.6) is 0 Å². The number of hydrogen-bond acceptors (Lipinski definition) is 14. The van der Waals surface area contributed by atoms with Crippen LogP contribution in [0.15, 0.2) is 47.4 Å². The fourth-order valence-electron chi connectivity index (χ4n) is 5.93. The van der Waals surface area contributed by atoms with Gasteiger partial charge in [-0.25, -0.2) is 14.4 Å². The number of carbonyl (C=O) groups excluding carboxylic acids is 6. The number of nitrogens with one attached hydrogen (secondary N) is 7. The molecule has 0 aliphatic heterocycles. The van der Waals surface area contributed by atoms with Crippen molar-refractivity contribution >= 4 is 43.0 Å². The number of hydrogen-bond donors (Lipinski definition) is 9. The topological polar surface area (TPSA) is 382 Å². The molecule has 0 fully saturated rings. The minimum absolute atomic E-state index is 0. The Morgan fingerprint density at radius 1 is 0.561 bits per heavy atom. The highest BCUT2D eigenvalue weighted by atomic mass is 31.2. The van der Waals surface area contributed by atoms with E-state index >= 15 is 0 Å². The van der Waals surface area contributed by atoms with Crippen molar-refractivity contribution in [3.63, 3.8) is 0 Å². The SMILES string of the molecule is CNCCN(CC(=O)NCCN(CC(=O)NCCN(CC(=O)NCCCP(=O)(O)O)C(=O)Cn1cc(C)c(=O)[nH]c1=O)C(=O)Cn1cc(C)c(=O)[nH]c1=O)C(=O)Cn1cc(C)c(=O)[nH]c1=O.[HH].[HH].[HH]. The van der Waals surface area contributed by atoms with E-state index in [-0.39, 0.29) is 73.2 Å². The van der Waals surface area contributed by atoms with Crippen molar-refractivity contribution in [2.24, 2.45) is 0 Å². The number of aromatic amines is 3. The van der Waals surface area contributed by atoms with Gasteiger partial charge < -0.3 is 45.8 Å².